The number of imidazole rings is 1. The summed E-state index contributed by atoms with van der Waals surface area (Å²) < 4.78 is 1.78. The lowest BCUT2D eigenvalue weighted by Gasteiger charge is -2.07. The van der Waals surface area contributed by atoms with Crippen molar-refractivity contribution in [2.75, 3.05) is 6.54 Å². The molecular formula is C9H13N3O. The van der Waals surface area contributed by atoms with Gasteiger partial charge in [0.1, 0.15) is 5.69 Å². The van der Waals surface area contributed by atoms with E-state index in [1.165, 1.54) is 0 Å². The molecule has 1 aromatic heterocycles. The fourth-order valence-electron chi connectivity index (χ4n) is 1.48. The molecule has 1 fully saturated rings. The van der Waals surface area contributed by atoms with E-state index in [1.807, 2.05) is 7.05 Å². The van der Waals surface area contributed by atoms with E-state index >= 15 is 0 Å². The monoisotopic (exact) mass is 179 g/mol. The van der Waals surface area contributed by atoms with Crippen molar-refractivity contribution in [3.63, 3.8) is 0 Å². The maximum absolute atomic E-state index is 11.8. The molecule has 4 nitrogen and oxygen atoms in total. The van der Waals surface area contributed by atoms with Gasteiger partial charge in [-0.15, -0.1) is 0 Å². The summed E-state index contributed by atoms with van der Waals surface area (Å²) in [7, 11) is 1.85. The normalized spacial score (nSPS) is 18.6. The minimum absolute atomic E-state index is 0.107. The average Bonchev–Trinajstić information content (AvgIpc) is 2.82. The van der Waals surface area contributed by atoms with Crippen LogP contribution in [0, 0.1) is 5.41 Å². The molecule has 0 bridgehead atoms. The molecule has 13 heavy (non-hydrogen) atoms. The highest BCUT2D eigenvalue weighted by Crippen LogP contribution is 2.46. The Kier molecular flexibility index (Phi) is 1.73. The maximum atomic E-state index is 11.8. The van der Waals surface area contributed by atoms with Crippen LogP contribution in [0.15, 0.2) is 12.5 Å². The van der Waals surface area contributed by atoms with Crippen LogP contribution < -0.4 is 5.73 Å². The SMILES string of the molecule is Cn1cnc(C(=O)C2(CN)CC2)c1. The standard InChI is InChI=1S/C9H13N3O/c1-12-4-7(11-6-12)8(13)9(5-10)2-3-9/h4,6H,2-3,5,10H2,1H3. The van der Waals surface area contributed by atoms with Crippen LogP contribution in [0.5, 0.6) is 0 Å². The fourth-order valence-corrected chi connectivity index (χ4v) is 1.48. The number of hydrogen-bond acceptors (Lipinski definition) is 3. The van der Waals surface area contributed by atoms with Crippen LogP contribution >= 0.6 is 0 Å². The summed E-state index contributed by atoms with van der Waals surface area (Å²) in [5, 5.41) is 0. The van der Waals surface area contributed by atoms with Crippen LogP contribution in [0.2, 0.25) is 0 Å². The zero-order valence-electron chi connectivity index (χ0n) is 7.66. The van der Waals surface area contributed by atoms with Crippen molar-refractivity contribution in [1.82, 2.24) is 9.55 Å². The number of nitrogens with zero attached hydrogens (tertiary/aromatic N) is 2. The molecule has 70 valence electrons. The van der Waals surface area contributed by atoms with E-state index in [4.69, 9.17) is 5.73 Å². The number of aromatic nitrogens is 2. The molecule has 0 spiro atoms. The molecule has 2 N–H and O–H groups in total. The van der Waals surface area contributed by atoms with E-state index in [1.54, 1.807) is 17.1 Å². The second-order valence-electron chi connectivity index (χ2n) is 3.74. The summed E-state index contributed by atoms with van der Waals surface area (Å²) in [6.07, 6.45) is 5.22. The number of rotatable bonds is 3. The summed E-state index contributed by atoms with van der Waals surface area (Å²) in [6, 6.07) is 0. The van der Waals surface area contributed by atoms with Crippen LogP contribution in [-0.4, -0.2) is 21.9 Å². The Balaban J connectivity index is 2.23. The molecule has 0 unspecified atom stereocenters. The largest absolute Gasteiger partial charge is 0.340 e. The molecule has 1 aliphatic carbocycles. The topological polar surface area (TPSA) is 60.9 Å². The van der Waals surface area contributed by atoms with Gasteiger partial charge in [0.15, 0.2) is 5.78 Å². The summed E-state index contributed by atoms with van der Waals surface area (Å²) in [6.45, 7) is 0.447. The van der Waals surface area contributed by atoms with E-state index < -0.39 is 0 Å². The Bertz CT molecular complexity index is 338. The Morgan fingerprint density at radius 2 is 2.46 bits per heavy atom. The van der Waals surface area contributed by atoms with Crippen molar-refractivity contribution in [3.05, 3.63) is 18.2 Å². The first-order valence-corrected chi connectivity index (χ1v) is 4.41. The molecule has 2 rings (SSSR count). The first-order valence-electron chi connectivity index (χ1n) is 4.41. The van der Waals surface area contributed by atoms with Gasteiger partial charge in [0.05, 0.1) is 6.33 Å². The number of ketones is 1. The molecule has 1 aliphatic rings. The van der Waals surface area contributed by atoms with Crippen LogP contribution in [0.3, 0.4) is 0 Å². The lowest BCUT2D eigenvalue weighted by molar-refractivity contribution is 0.0901. The number of aryl methyl sites for hydroxylation is 1. The number of nitrogens with two attached hydrogens (primary N) is 1. The second kappa shape index (κ2) is 2.67. The molecule has 0 atom stereocenters. The fraction of sp³-hybridized carbons (Fsp3) is 0.556. The molecule has 1 heterocycles. The lowest BCUT2D eigenvalue weighted by Crippen LogP contribution is -2.25. The quantitative estimate of drug-likeness (QED) is 0.681. The summed E-state index contributed by atoms with van der Waals surface area (Å²) in [5.41, 5.74) is 5.84. The van der Waals surface area contributed by atoms with E-state index in [2.05, 4.69) is 4.98 Å². The molecule has 0 saturated heterocycles. The number of carbonyl (C=O) groups is 1. The maximum Gasteiger partial charge on any atom is 0.190 e. The van der Waals surface area contributed by atoms with Crippen molar-refractivity contribution < 1.29 is 4.79 Å². The Morgan fingerprint density at radius 3 is 2.85 bits per heavy atom. The van der Waals surface area contributed by atoms with Gasteiger partial charge in [0.2, 0.25) is 0 Å². The summed E-state index contributed by atoms with van der Waals surface area (Å²) >= 11 is 0. The zero-order chi connectivity index (χ0) is 9.47. The third-order valence-electron chi connectivity index (χ3n) is 2.66. The number of Topliss-reactive ketones (excluding diaryl/α,β-unsaturated/α-hetero) is 1. The van der Waals surface area contributed by atoms with Gasteiger partial charge in [-0.05, 0) is 12.8 Å². The van der Waals surface area contributed by atoms with E-state index in [9.17, 15) is 4.79 Å². The highest BCUT2D eigenvalue weighted by atomic mass is 16.1. The molecule has 0 aromatic carbocycles. The van der Waals surface area contributed by atoms with Crippen molar-refractivity contribution in [3.8, 4) is 0 Å². The summed E-state index contributed by atoms with van der Waals surface area (Å²) in [4.78, 5) is 15.8. The first kappa shape index (κ1) is 8.44. The zero-order valence-corrected chi connectivity index (χ0v) is 7.66. The number of carbonyl (C=O) groups excluding carboxylic acids is 1. The van der Waals surface area contributed by atoms with Gasteiger partial charge >= 0.3 is 0 Å². The number of hydrogen-bond donors (Lipinski definition) is 1. The Labute approximate surface area is 76.8 Å². The third-order valence-corrected chi connectivity index (χ3v) is 2.66. The third kappa shape index (κ3) is 1.27. The van der Waals surface area contributed by atoms with Gasteiger partial charge in [0.25, 0.3) is 0 Å². The second-order valence-corrected chi connectivity index (χ2v) is 3.74. The molecule has 1 saturated carbocycles. The van der Waals surface area contributed by atoms with Gasteiger partial charge < -0.3 is 10.3 Å². The predicted octanol–water partition coefficient (Wildman–Crippen LogP) is 0.342. The van der Waals surface area contributed by atoms with Gasteiger partial charge in [-0.3, -0.25) is 4.79 Å². The van der Waals surface area contributed by atoms with Crippen molar-refractivity contribution in [2.24, 2.45) is 18.2 Å². The van der Waals surface area contributed by atoms with Gasteiger partial charge in [-0.2, -0.15) is 0 Å². The first-order chi connectivity index (χ1) is 6.18. The van der Waals surface area contributed by atoms with Crippen molar-refractivity contribution in [2.45, 2.75) is 12.8 Å². The van der Waals surface area contributed by atoms with Crippen LogP contribution in [-0.2, 0) is 7.05 Å². The van der Waals surface area contributed by atoms with Crippen LogP contribution in [0.1, 0.15) is 23.3 Å². The van der Waals surface area contributed by atoms with Crippen LogP contribution in [0.4, 0.5) is 0 Å². The molecular weight excluding hydrogens is 166 g/mol. The molecule has 0 aliphatic heterocycles. The average molecular weight is 179 g/mol. The van der Waals surface area contributed by atoms with E-state index in [0.29, 0.717) is 12.2 Å². The molecule has 4 heteroatoms. The van der Waals surface area contributed by atoms with Crippen molar-refractivity contribution >= 4 is 5.78 Å². The minimum Gasteiger partial charge on any atom is -0.340 e. The smallest absolute Gasteiger partial charge is 0.190 e. The van der Waals surface area contributed by atoms with Crippen LogP contribution in [0.25, 0.3) is 0 Å². The van der Waals surface area contributed by atoms with E-state index in [0.717, 1.165) is 12.8 Å². The van der Waals surface area contributed by atoms with Crippen molar-refractivity contribution in [1.29, 1.82) is 0 Å². The minimum atomic E-state index is -0.269. The molecule has 1 aromatic rings. The van der Waals surface area contributed by atoms with Gasteiger partial charge in [-0.25, -0.2) is 4.98 Å². The van der Waals surface area contributed by atoms with Gasteiger partial charge in [0, 0.05) is 25.2 Å². The highest BCUT2D eigenvalue weighted by molar-refractivity contribution is 6.00. The molecule has 0 amide bonds. The Hall–Kier alpha value is -1.16. The molecule has 0 radical (unpaired) electrons. The predicted molar refractivity (Wildman–Crippen MR) is 48.3 cm³/mol. The lowest BCUT2D eigenvalue weighted by atomic mass is 9.99. The Morgan fingerprint density at radius 1 is 1.77 bits per heavy atom. The highest BCUT2D eigenvalue weighted by Gasteiger charge is 2.49. The van der Waals surface area contributed by atoms with E-state index in [-0.39, 0.29) is 11.2 Å². The van der Waals surface area contributed by atoms with Gasteiger partial charge in [-0.1, -0.05) is 0 Å². The summed E-state index contributed by atoms with van der Waals surface area (Å²) in [5.74, 6) is 0.107.